The third-order valence-electron chi connectivity index (χ3n) is 6.31. The first-order valence-corrected chi connectivity index (χ1v) is 13.9. The minimum Gasteiger partial charge on any atom is -0.394 e. The van der Waals surface area contributed by atoms with Crippen LogP contribution in [0.25, 0.3) is 0 Å². The second-order valence-corrected chi connectivity index (χ2v) is 11.3. The lowest BCUT2D eigenvalue weighted by Crippen LogP contribution is -2.59. The van der Waals surface area contributed by atoms with Gasteiger partial charge < -0.3 is 36.9 Å². The Balaban J connectivity index is 3.14. The molecule has 0 aromatic heterocycles. The minimum atomic E-state index is -1.33. The van der Waals surface area contributed by atoms with Gasteiger partial charge in [0.15, 0.2) is 0 Å². The van der Waals surface area contributed by atoms with Crippen molar-refractivity contribution < 1.29 is 29.1 Å². The Morgan fingerprint density at radius 1 is 0.750 bits per heavy atom. The first kappa shape index (κ1) is 34.7. The van der Waals surface area contributed by atoms with Crippen molar-refractivity contribution in [2.75, 3.05) is 6.61 Å². The lowest BCUT2D eigenvalue weighted by atomic mass is 9.99. The summed E-state index contributed by atoms with van der Waals surface area (Å²) in [5.74, 6) is -2.43. The molecular weight excluding hydrogens is 514 g/mol. The van der Waals surface area contributed by atoms with Crippen LogP contribution in [0.3, 0.4) is 0 Å². The number of carbonyl (C=O) groups excluding carboxylic acids is 5. The van der Waals surface area contributed by atoms with Crippen molar-refractivity contribution in [3.63, 3.8) is 0 Å². The predicted octanol–water partition coefficient (Wildman–Crippen LogP) is 0.435. The summed E-state index contributed by atoms with van der Waals surface area (Å²) < 4.78 is 0. The van der Waals surface area contributed by atoms with Gasteiger partial charge in [-0.3, -0.25) is 19.2 Å². The number of hydrogen-bond acceptors (Lipinski definition) is 7. The van der Waals surface area contributed by atoms with E-state index in [-0.39, 0.29) is 24.2 Å². The van der Waals surface area contributed by atoms with Gasteiger partial charge in [-0.15, -0.1) is 0 Å². The zero-order valence-electron chi connectivity index (χ0n) is 24.5. The fourth-order valence-electron chi connectivity index (χ4n) is 4.02. The molecule has 4 amide bonds. The molecule has 224 valence electrons. The van der Waals surface area contributed by atoms with Gasteiger partial charge in [0, 0.05) is 6.42 Å². The number of amides is 4. The molecule has 0 aliphatic rings. The zero-order valence-corrected chi connectivity index (χ0v) is 24.5. The highest BCUT2D eigenvalue weighted by molar-refractivity contribution is 5.95. The van der Waals surface area contributed by atoms with Crippen LogP contribution in [-0.4, -0.2) is 71.8 Å². The number of aldehydes is 1. The largest absolute Gasteiger partial charge is 0.394 e. The molecule has 0 fully saturated rings. The van der Waals surface area contributed by atoms with Gasteiger partial charge in [0.2, 0.25) is 23.6 Å². The van der Waals surface area contributed by atoms with Crippen LogP contribution in [0.15, 0.2) is 30.3 Å². The van der Waals surface area contributed by atoms with E-state index in [1.165, 1.54) is 0 Å². The molecule has 0 saturated heterocycles. The van der Waals surface area contributed by atoms with Crippen molar-refractivity contribution in [1.29, 1.82) is 0 Å². The summed E-state index contributed by atoms with van der Waals surface area (Å²) in [6, 6.07) is 4.00. The maximum absolute atomic E-state index is 13.5. The first-order chi connectivity index (χ1) is 18.8. The molecule has 1 aromatic carbocycles. The van der Waals surface area contributed by atoms with Crippen molar-refractivity contribution in [2.45, 2.75) is 91.0 Å². The topological polar surface area (TPSA) is 180 Å². The van der Waals surface area contributed by atoms with E-state index in [1.54, 1.807) is 38.1 Å². The van der Waals surface area contributed by atoms with Gasteiger partial charge in [0.25, 0.3) is 0 Å². The highest BCUT2D eigenvalue weighted by Crippen LogP contribution is 2.10. The maximum atomic E-state index is 13.5. The number of benzene rings is 1. The predicted molar refractivity (Wildman–Crippen MR) is 153 cm³/mol. The molecule has 1 aromatic rings. The Bertz CT molecular complexity index is 969. The average molecular weight is 562 g/mol. The molecular formula is C29H47N5O6. The quantitative estimate of drug-likeness (QED) is 0.149. The van der Waals surface area contributed by atoms with Crippen LogP contribution in [0.2, 0.25) is 0 Å². The third kappa shape index (κ3) is 12.3. The van der Waals surface area contributed by atoms with Crippen LogP contribution in [0.1, 0.15) is 59.9 Å². The Labute approximate surface area is 237 Å². The van der Waals surface area contributed by atoms with Crippen molar-refractivity contribution in [3.8, 4) is 0 Å². The molecule has 0 aliphatic heterocycles. The Hall–Kier alpha value is -3.31. The summed E-state index contributed by atoms with van der Waals surface area (Å²) in [7, 11) is 0. The highest BCUT2D eigenvalue weighted by Gasteiger charge is 2.31. The Kier molecular flexibility index (Phi) is 15.1. The van der Waals surface area contributed by atoms with Crippen LogP contribution in [0.5, 0.6) is 0 Å². The minimum absolute atomic E-state index is 0.0379. The van der Waals surface area contributed by atoms with Gasteiger partial charge in [-0.2, -0.15) is 0 Å². The van der Waals surface area contributed by atoms with Crippen molar-refractivity contribution in [2.24, 2.45) is 23.5 Å². The van der Waals surface area contributed by atoms with E-state index < -0.39 is 60.4 Å². The van der Waals surface area contributed by atoms with Crippen molar-refractivity contribution in [3.05, 3.63) is 35.9 Å². The Morgan fingerprint density at radius 3 is 1.75 bits per heavy atom. The van der Waals surface area contributed by atoms with Crippen LogP contribution in [0.4, 0.5) is 0 Å². The van der Waals surface area contributed by atoms with E-state index >= 15 is 0 Å². The van der Waals surface area contributed by atoms with E-state index in [0.717, 1.165) is 5.56 Å². The molecule has 0 unspecified atom stereocenters. The fraction of sp³-hybridized carbons (Fsp3) is 0.621. The summed E-state index contributed by atoms with van der Waals surface area (Å²) in [4.78, 5) is 63.5. The number of aliphatic hydroxyl groups is 1. The molecule has 0 heterocycles. The third-order valence-corrected chi connectivity index (χ3v) is 6.31. The second-order valence-electron chi connectivity index (χ2n) is 11.3. The molecule has 7 N–H and O–H groups in total. The smallest absolute Gasteiger partial charge is 0.245 e. The molecule has 0 aliphatic carbocycles. The second kappa shape index (κ2) is 17.4. The normalized spacial score (nSPS) is 15.1. The van der Waals surface area contributed by atoms with Gasteiger partial charge in [-0.1, -0.05) is 71.9 Å². The van der Waals surface area contributed by atoms with E-state index in [9.17, 15) is 29.1 Å². The molecule has 0 saturated carbocycles. The molecule has 0 bridgehead atoms. The first-order valence-electron chi connectivity index (χ1n) is 13.9. The van der Waals surface area contributed by atoms with Gasteiger partial charge >= 0.3 is 0 Å². The number of nitrogens with two attached hydrogens (primary N) is 1. The lowest BCUT2D eigenvalue weighted by Gasteiger charge is -2.27. The van der Waals surface area contributed by atoms with E-state index in [0.29, 0.717) is 19.1 Å². The van der Waals surface area contributed by atoms with Gasteiger partial charge in [0.05, 0.1) is 18.7 Å². The molecule has 5 atom stereocenters. The fourth-order valence-corrected chi connectivity index (χ4v) is 4.02. The lowest BCUT2D eigenvalue weighted by molar-refractivity contribution is -0.135. The molecule has 1 rings (SSSR count). The molecule has 40 heavy (non-hydrogen) atoms. The molecule has 0 spiro atoms. The van der Waals surface area contributed by atoms with E-state index in [2.05, 4.69) is 21.3 Å². The average Bonchev–Trinajstić information content (AvgIpc) is 2.88. The number of carbonyl (C=O) groups is 5. The van der Waals surface area contributed by atoms with E-state index in [1.807, 2.05) is 33.8 Å². The molecule has 11 heteroatoms. The summed E-state index contributed by atoms with van der Waals surface area (Å²) in [5, 5.41) is 20.3. The van der Waals surface area contributed by atoms with Gasteiger partial charge in [0.1, 0.15) is 24.4 Å². The molecule has 0 radical (unpaired) electrons. The Morgan fingerprint density at radius 2 is 1.25 bits per heavy atom. The summed E-state index contributed by atoms with van der Waals surface area (Å²) >= 11 is 0. The number of aliphatic hydroxyl groups excluding tert-OH is 1. The van der Waals surface area contributed by atoms with Crippen molar-refractivity contribution >= 4 is 29.9 Å². The maximum Gasteiger partial charge on any atom is 0.245 e. The van der Waals surface area contributed by atoms with Crippen LogP contribution < -0.4 is 27.0 Å². The summed E-state index contributed by atoms with van der Waals surface area (Å²) in [6.45, 7) is 10.5. The van der Waals surface area contributed by atoms with Crippen molar-refractivity contribution in [1.82, 2.24) is 21.3 Å². The molecule has 11 nitrogen and oxygen atoms in total. The van der Waals surface area contributed by atoms with Gasteiger partial charge in [-0.05, 0) is 36.2 Å². The number of hydrogen-bond donors (Lipinski definition) is 6. The summed E-state index contributed by atoms with van der Waals surface area (Å²) in [6.07, 6.45) is 1.45. The SMILES string of the molecule is CC(C)C[C@H](NC(=O)[C@H](Cc1ccccc1)NC(=O)[C@H](CO)NC(=O)[C@@H](N)CC(C)C)C(=O)N[C@H](C=O)C(C)C. The van der Waals surface area contributed by atoms with Crippen LogP contribution >= 0.6 is 0 Å². The zero-order chi connectivity index (χ0) is 30.4. The van der Waals surface area contributed by atoms with Crippen LogP contribution in [0, 0.1) is 17.8 Å². The monoisotopic (exact) mass is 561 g/mol. The standard InChI is InChI=1S/C29H47N5O6/c1-17(2)12-21(30)26(37)34-25(16-36)29(40)32-23(14-20-10-8-7-9-11-20)28(39)31-22(13-18(3)4)27(38)33-24(15-35)19(5)6/h7-11,15,17-19,21-25,36H,12-14,16,30H2,1-6H3,(H,31,39)(H,32,40)(H,33,38)(H,34,37)/t21-,22-,23-,24+,25-/m0/s1. The number of rotatable bonds is 17. The summed E-state index contributed by atoms with van der Waals surface area (Å²) in [5.41, 5.74) is 6.66. The van der Waals surface area contributed by atoms with Crippen LogP contribution in [-0.2, 0) is 30.4 Å². The highest BCUT2D eigenvalue weighted by atomic mass is 16.3. The number of nitrogens with one attached hydrogen (secondary N) is 4. The van der Waals surface area contributed by atoms with Gasteiger partial charge in [-0.25, -0.2) is 0 Å². The van der Waals surface area contributed by atoms with E-state index in [4.69, 9.17) is 5.73 Å².